The summed E-state index contributed by atoms with van der Waals surface area (Å²) in [6.45, 7) is 0.827. The smallest absolute Gasteiger partial charge is 0.142 e. The number of halogens is 2. The number of fused-ring (bicyclic) bond motifs is 1. The second-order valence-corrected chi connectivity index (χ2v) is 6.60. The van der Waals surface area contributed by atoms with Crippen LogP contribution in [-0.4, -0.2) is 34.1 Å². The monoisotopic (exact) mass is 360 g/mol. The highest BCUT2D eigenvalue weighted by molar-refractivity contribution is 6.45. The van der Waals surface area contributed by atoms with Gasteiger partial charge in [0.15, 0.2) is 0 Å². The molecule has 24 heavy (non-hydrogen) atoms. The maximum atomic E-state index is 11.4. The molecule has 1 fully saturated rings. The first-order valence-electron chi connectivity index (χ1n) is 7.69. The lowest BCUT2D eigenvalue weighted by atomic mass is 10.1. The molecule has 7 heteroatoms. The van der Waals surface area contributed by atoms with Gasteiger partial charge in [0, 0.05) is 29.4 Å². The van der Waals surface area contributed by atoms with Gasteiger partial charge in [-0.2, -0.15) is 5.10 Å². The molecule has 3 heterocycles. The SMILES string of the molecule is O=CC1CCCN1c1cc(-c2cn[nH]c2)nc2c(Cl)c(Cl)ccc12. The van der Waals surface area contributed by atoms with Crippen LogP contribution in [0.25, 0.3) is 22.2 Å². The minimum atomic E-state index is -0.123. The molecule has 1 N–H and O–H groups in total. The number of anilines is 1. The molecule has 1 aliphatic rings. The van der Waals surface area contributed by atoms with Crippen molar-refractivity contribution >= 4 is 46.1 Å². The van der Waals surface area contributed by atoms with Crippen LogP contribution >= 0.6 is 23.2 Å². The lowest BCUT2D eigenvalue weighted by Crippen LogP contribution is -2.30. The predicted octanol–water partition coefficient (Wildman–Crippen LogP) is 4.10. The van der Waals surface area contributed by atoms with Crippen molar-refractivity contribution in [1.29, 1.82) is 0 Å². The van der Waals surface area contributed by atoms with Gasteiger partial charge in [-0.05, 0) is 31.0 Å². The van der Waals surface area contributed by atoms with Crippen molar-refractivity contribution in [2.45, 2.75) is 18.9 Å². The summed E-state index contributed by atoms with van der Waals surface area (Å²) in [7, 11) is 0. The normalized spacial score (nSPS) is 17.6. The Labute approximate surface area is 148 Å². The van der Waals surface area contributed by atoms with Crippen LogP contribution in [0.2, 0.25) is 10.0 Å². The Hall–Kier alpha value is -2.11. The van der Waals surface area contributed by atoms with Crippen LogP contribution in [0.5, 0.6) is 0 Å². The molecule has 0 amide bonds. The summed E-state index contributed by atoms with van der Waals surface area (Å²) >= 11 is 12.6. The van der Waals surface area contributed by atoms with E-state index < -0.39 is 0 Å². The van der Waals surface area contributed by atoms with Gasteiger partial charge in [-0.25, -0.2) is 4.98 Å². The highest BCUT2D eigenvalue weighted by Gasteiger charge is 2.27. The van der Waals surface area contributed by atoms with Crippen molar-refractivity contribution in [1.82, 2.24) is 15.2 Å². The van der Waals surface area contributed by atoms with Crippen LogP contribution in [0.3, 0.4) is 0 Å². The first-order chi connectivity index (χ1) is 11.7. The summed E-state index contributed by atoms with van der Waals surface area (Å²) in [5.41, 5.74) is 3.18. The number of carbonyl (C=O) groups excluding carboxylic acids is 1. The molecule has 2 aromatic heterocycles. The molecule has 0 radical (unpaired) electrons. The van der Waals surface area contributed by atoms with Gasteiger partial charge in [0.2, 0.25) is 0 Å². The molecule has 0 spiro atoms. The Kier molecular flexibility index (Phi) is 3.90. The van der Waals surface area contributed by atoms with Crippen LogP contribution < -0.4 is 4.90 Å². The Bertz CT molecular complexity index is 911. The fourth-order valence-electron chi connectivity index (χ4n) is 3.23. The van der Waals surface area contributed by atoms with Gasteiger partial charge in [-0.1, -0.05) is 23.2 Å². The number of pyridine rings is 1. The van der Waals surface area contributed by atoms with E-state index in [1.54, 1.807) is 18.5 Å². The van der Waals surface area contributed by atoms with Crippen LogP contribution in [0, 0.1) is 0 Å². The molecule has 0 saturated carbocycles. The summed E-state index contributed by atoms with van der Waals surface area (Å²) in [4.78, 5) is 18.2. The maximum absolute atomic E-state index is 11.4. The molecule has 1 aromatic carbocycles. The number of aromatic amines is 1. The third kappa shape index (κ3) is 2.44. The largest absolute Gasteiger partial charge is 0.361 e. The average molecular weight is 361 g/mol. The van der Waals surface area contributed by atoms with Crippen LogP contribution in [0.1, 0.15) is 12.8 Å². The van der Waals surface area contributed by atoms with Crippen molar-refractivity contribution in [3.8, 4) is 11.3 Å². The van der Waals surface area contributed by atoms with E-state index in [0.717, 1.165) is 48.0 Å². The third-order valence-corrected chi connectivity index (χ3v) is 5.20. The standard InChI is InChI=1S/C17H14Cl2N4O/c18-13-4-3-12-15(23-5-1-2-11(23)9-24)6-14(10-7-20-21-8-10)22-17(12)16(13)19/h3-4,6-9,11H,1-2,5H2,(H,20,21). The summed E-state index contributed by atoms with van der Waals surface area (Å²) < 4.78 is 0. The third-order valence-electron chi connectivity index (χ3n) is 4.41. The van der Waals surface area contributed by atoms with E-state index in [2.05, 4.69) is 20.1 Å². The number of nitrogens with one attached hydrogen (secondary N) is 1. The van der Waals surface area contributed by atoms with Gasteiger partial charge in [-0.3, -0.25) is 5.10 Å². The van der Waals surface area contributed by atoms with Crippen molar-refractivity contribution in [3.05, 3.63) is 40.6 Å². The number of aromatic nitrogens is 3. The summed E-state index contributed by atoms with van der Waals surface area (Å²) in [5.74, 6) is 0. The molecule has 1 unspecified atom stereocenters. The summed E-state index contributed by atoms with van der Waals surface area (Å²) in [6, 6.07) is 5.54. The van der Waals surface area contributed by atoms with Gasteiger partial charge < -0.3 is 9.69 Å². The van der Waals surface area contributed by atoms with Crippen molar-refractivity contribution < 1.29 is 4.79 Å². The van der Waals surface area contributed by atoms with Crippen LogP contribution in [-0.2, 0) is 4.79 Å². The summed E-state index contributed by atoms with van der Waals surface area (Å²) in [5, 5.41) is 8.55. The van der Waals surface area contributed by atoms with E-state index in [1.807, 2.05) is 12.1 Å². The van der Waals surface area contributed by atoms with Gasteiger partial charge >= 0.3 is 0 Å². The van der Waals surface area contributed by atoms with Gasteiger partial charge in [-0.15, -0.1) is 0 Å². The lowest BCUT2D eigenvalue weighted by molar-refractivity contribution is -0.108. The Morgan fingerprint density at radius 2 is 2.21 bits per heavy atom. The molecule has 1 saturated heterocycles. The van der Waals surface area contributed by atoms with Gasteiger partial charge in [0.05, 0.1) is 33.5 Å². The molecule has 1 aliphatic heterocycles. The molecule has 0 aliphatic carbocycles. The topological polar surface area (TPSA) is 61.9 Å². The minimum absolute atomic E-state index is 0.123. The fraction of sp³-hybridized carbons (Fsp3) is 0.235. The molecular formula is C17H14Cl2N4O. The van der Waals surface area contributed by atoms with E-state index >= 15 is 0 Å². The van der Waals surface area contributed by atoms with E-state index in [1.165, 1.54) is 0 Å². The van der Waals surface area contributed by atoms with Crippen molar-refractivity contribution in [3.63, 3.8) is 0 Å². The Morgan fingerprint density at radius 3 is 2.96 bits per heavy atom. The first-order valence-corrected chi connectivity index (χ1v) is 8.44. The number of hydrogen-bond acceptors (Lipinski definition) is 4. The highest BCUT2D eigenvalue weighted by atomic mass is 35.5. The maximum Gasteiger partial charge on any atom is 0.142 e. The van der Waals surface area contributed by atoms with E-state index in [4.69, 9.17) is 23.2 Å². The fourth-order valence-corrected chi connectivity index (χ4v) is 3.58. The Balaban J connectivity index is 2.00. The molecule has 1 atom stereocenters. The molecule has 122 valence electrons. The second kappa shape index (κ2) is 6.07. The zero-order valence-electron chi connectivity index (χ0n) is 12.7. The number of carbonyl (C=O) groups is 1. The minimum Gasteiger partial charge on any atom is -0.361 e. The molecule has 3 aromatic rings. The predicted molar refractivity (Wildman–Crippen MR) is 95.8 cm³/mol. The second-order valence-electron chi connectivity index (χ2n) is 5.81. The van der Waals surface area contributed by atoms with Gasteiger partial charge in [0.25, 0.3) is 0 Å². The number of aldehydes is 1. The lowest BCUT2D eigenvalue weighted by Gasteiger charge is -2.25. The number of rotatable bonds is 3. The summed E-state index contributed by atoms with van der Waals surface area (Å²) in [6.07, 6.45) is 6.33. The van der Waals surface area contributed by atoms with Crippen LogP contribution in [0.15, 0.2) is 30.6 Å². The number of nitrogens with zero attached hydrogens (tertiary/aromatic N) is 3. The van der Waals surface area contributed by atoms with Crippen LogP contribution in [0.4, 0.5) is 5.69 Å². The Morgan fingerprint density at radius 1 is 1.33 bits per heavy atom. The van der Waals surface area contributed by atoms with Crippen molar-refractivity contribution in [2.24, 2.45) is 0 Å². The molecular weight excluding hydrogens is 347 g/mol. The van der Waals surface area contributed by atoms with Gasteiger partial charge in [0.1, 0.15) is 6.29 Å². The van der Waals surface area contributed by atoms with Crippen molar-refractivity contribution in [2.75, 3.05) is 11.4 Å². The van der Waals surface area contributed by atoms with E-state index in [0.29, 0.717) is 15.6 Å². The molecule has 5 nitrogen and oxygen atoms in total. The molecule has 4 rings (SSSR count). The highest BCUT2D eigenvalue weighted by Crippen LogP contribution is 2.39. The average Bonchev–Trinajstić information content (AvgIpc) is 3.28. The van der Waals surface area contributed by atoms with E-state index in [9.17, 15) is 4.79 Å². The quantitative estimate of drug-likeness (QED) is 0.714. The first kappa shape index (κ1) is 15.4. The number of hydrogen-bond donors (Lipinski definition) is 1. The van der Waals surface area contributed by atoms with E-state index in [-0.39, 0.29) is 6.04 Å². The number of benzene rings is 1. The molecule has 0 bridgehead atoms. The number of H-pyrrole nitrogens is 1. The zero-order chi connectivity index (χ0) is 16.7. The zero-order valence-corrected chi connectivity index (χ0v) is 14.2.